The van der Waals surface area contributed by atoms with Crippen LogP contribution in [0.15, 0.2) is 227 Å². The molecular weight excluding hydrogens is 759 g/mol. The Labute approximate surface area is 374 Å². The third-order valence-electron chi connectivity index (χ3n) is 12.6. The number of benzene rings is 6. The maximum Gasteiger partial charge on any atom is 0.0649 e. The van der Waals surface area contributed by atoms with Gasteiger partial charge in [-0.25, -0.2) is 0 Å². The fraction of sp³-hybridized carbons (Fsp3) is 0.145. The number of hydrogen-bond donors (Lipinski definition) is 0. The fourth-order valence-corrected chi connectivity index (χ4v) is 9.30. The lowest BCUT2D eigenvalue weighted by Crippen LogP contribution is -2.05. The molecule has 1 nitrogen and oxygen atoms in total. The van der Waals surface area contributed by atoms with Crippen LogP contribution in [-0.4, -0.2) is 12.8 Å². The van der Waals surface area contributed by atoms with Gasteiger partial charge in [0.05, 0.1) is 5.71 Å². The molecule has 0 radical (unpaired) electrons. The molecule has 308 valence electrons. The first-order chi connectivity index (χ1) is 31.0. The topological polar surface area (TPSA) is 12.4 Å². The summed E-state index contributed by atoms with van der Waals surface area (Å²) in [6.45, 7) is 4.43. The Kier molecular flexibility index (Phi) is 12.6. The molecule has 0 amide bonds. The summed E-state index contributed by atoms with van der Waals surface area (Å²) >= 11 is 0. The van der Waals surface area contributed by atoms with Crippen LogP contribution in [0.25, 0.3) is 39.6 Å². The Balaban J connectivity index is 0.000000281. The van der Waals surface area contributed by atoms with Crippen molar-refractivity contribution >= 4 is 34.2 Å². The second kappa shape index (κ2) is 19.3. The normalized spacial score (nSPS) is 16.9. The van der Waals surface area contributed by atoms with Gasteiger partial charge < -0.3 is 0 Å². The number of allylic oxidation sites excluding steroid dienone is 15. The van der Waals surface area contributed by atoms with Gasteiger partial charge in [-0.05, 0) is 153 Å². The Morgan fingerprint density at radius 2 is 1.44 bits per heavy atom. The van der Waals surface area contributed by atoms with Gasteiger partial charge in [-0.2, -0.15) is 0 Å². The van der Waals surface area contributed by atoms with Crippen molar-refractivity contribution in [3.8, 4) is 11.1 Å². The highest BCUT2D eigenvalue weighted by atomic mass is 14.7. The molecule has 0 aliphatic heterocycles. The van der Waals surface area contributed by atoms with E-state index in [2.05, 4.69) is 225 Å². The van der Waals surface area contributed by atoms with Crippen LogP contribution in [0.3, 0.4) is 0 Å². The Morgan fingerprint density at radius 3 is 2.25 bits per heavy atom. The Morgan fingerprint density at radius 1 is 0.651 bits per heavy atom. The second-order valence-corrected chi connectivity index (χ2v) is 17.0. The summed E-state index contributed by atoms with van der Waals surface area (Å²) in [7, 11) is 1.87. The average Bonchev–Trinajstić information content (AvgIpc) is 3.78. The van der Waals surface area contributed by atoms with E-state index in [1.165, 1.54) is 107 Å². The van der Waals surface area contributed by atoms with Gasteiger partial charge in [0.15, 0.2) is 0 Å². The average molecular weight is 814 g/mol. The number of aryl methyl sites for hydroxylation is 1. The lowest BCUT2D eigenvalue weighted by molar-refractivity contribution is 0.957. The van der Waals surface area contributed by atoms with Crippen molar-refractivity contribution < 1.29 is 0 Å². The fourth-order valence-electron chi connectivity index (χ4n) is 9.30. The molecule has 6 aromatic rings. The van der Waals surface area contributed by atoms with E-state index in [9.17, 15) is 0 Å². The number of aliphatic imine (C=N–C) groups is 1. The predicted molar refractivity (Wildman–Crippen MR) is 272 cm³/mol. The lowest BCUT2D eigenvalue weighted by Gasteiger charge is -2.17. The van der Waals surface area contributed by atoms with Gasteiger partial charge in [0.25, 0.3) is 0 Å². The SMILES string of the molecule is C1=CCCC(C2=Cc3ccccc3C2)=C1.CN=C1C=CC=C/C1=C(/c1ccc(-c2cc(C)cc(Cc3ccccc3/C=C(\C)C3=CCCC=C3)c2)cc1)c1ccc2ccccc2c1. The molecule has 4 aliphatic carbocycles. The van der Waals surface area contributed by atoms with Crippen molar-refractivity contribution in [2.75, 3.05) is 7.05 Å². The zero-order valence-electron chi connectivity index (χ0n) is 36.8. The molecule has 4 aliphatic rings. The molecule has 0 bridgehead atoms. The highest BCUT2D eigenvalue weighted by molar-refractivity contribution is 6.18. The van der Waals surface area contributed by atoms with Crippen molar-refractivity contribution in [3.05, 3.63) is 267 Å². The molecule has 0 atom stereocenters. The Hall–Kier alpha value is -7.09. The van der Waals surface area contributed by atoms with Gasteiger partial charge in [-0.15, -0.1) is 0 Å². The van der Waals surface area contributed by atoms with Crippen molar-refractivity contribution in [3.63, 3.8) is 0 Å². The van der Waals surface area contributed by atoms with E-state index in [1.807, 2.05) is 7.05 Å². The monoisotopic (exact) mass is 813 g/mol. The second-order valence-electron chi connectivity index (χ2n) is 17.0. The van der Waals surface area contributed by atoms with E-state index >= 15 is 0 Å². The number of nitrogens with zero attached hydrogens (tertiary/aromatic N) is 1. The maximum absolute atomic E-state index is 4.64. The first-order valence-corrected chi connectivity index (χ1v) is 22.5. The first kappa shape index (κ1) is 41.3. The van der Waals surface area contributed by atoms with Crippen LogP contribution in [0.2, 0.25) is 0 Å². The molecule has 0 unspecified atom stereocenters. The standard InChI is InChI=1S/C47H41N.C15H14/c1-33-27-35(30-41-17-10-9-16-40(41)29-34(2)36-13-5-4-6-14-36)31-44(28-33)38-21-24-39(25-22-38)47(45-19-11-12-20-46(45)48-3)43-26-23-37-15-7-8-18-42(37)32-43;1-2-6-12(7-3-1)15-10-13-8-4-5-9-14(13)11-15/h5,7-29,31-32H,4,6,30H2,1-3H3;1-2,4-6,8-10H,3,7,11H2/b34-29+,47-45+,48-46?;. The van der Waals surface area contributed by atoms with Gasteiger partial charge in [0.2, 0.25) is 0 Å². The van der Waals surface area contributed by atoms with Crippen LogP contribution in [0.5, 0.6) is 0 Å². The van der Waals surface area contributed by atoms with Crippen LogP contribution >= 0.6 is 0 Å². The van der Waals surface area contributed by atoms with E-state index in [0.717, 1.165) is 37.0 Å². The minimum absolute atomic E-state index is 0.888. The summed E-state index contributed by atoms with van der Waals surface area (Å²) in [6, 6.07) is 48.9. The number of fused-ring (bicyclic) bond motifs is 2. The summed E-state index contributed by atoms with van der Waals surface area (Å²) in [6.07, 6.45) is 33.4. The molecule has 0 spiro atoms. The molecule has 63 heavy (non-hydrogen) atoms. The van der Waals surface area contributed by atoms with Crippen molar-refractivity contribution in [1.29, 1.82) is 0 Å². The van der Waals surface area contributed by atoms with E-state index in [-0.39, 0.29) is 0 Å². The number of hydrogen-bond acceptors (Lipinski definition) is 1. The van der Waals surface area contributed by atoms with Crippen LogP contribution < -0.4 is 0 Å². The van der Waals surface area contributed by atoms with Crippen LogP contribution in [0.1, 0.15) is 77.1 Å². The van der Waals surface area contributed by atoms with Gasteiger partial charge >= 0.3 is 0 Å². The van der Waals surface area contributed by atoms with E-state index in [1.54, 1.807) is 0 Å². The van der Waals surface area contributed by atoms with Gasteiger partial charge in [0.1, 0.15) is 0 Å². The van der Waals surface area contributed by atoms with Gasteiger partial charge in [-0.1, -0.05) is 200 Å². The summed E-state index contributed by atoms with van der Waals surface area (Å²) in [5.74, 6) is 0. The van der Waals surface area contributed by atoms with E-state index in [0.29, 0.717) is 0 Å². The van der Waals surface area contributed by atoms with Crippen molar-refractivity contribution in [2.24, 2.45) is 4.99 Å². The van der Waals surface area contributed by atoms with Crippen LogP contribution in [0, 0.1) is 6.92 Å². The van der Waals surface area contributed by atoms with Gasteiger partial charge in [0, 0.05) is 12.6 Å². The summed E-state index contributed by atoms with van der Waals surface area (Å²) in [5.41, 5.74) is 22.0. The van der Waals surface area contributed by atoms with Crippen LogP contribution in [0.4, 0.5) is 0 Å². The third-order valence-corrected chi connectivity index (χ3v) is 12.6. The largest absolute Gasteiger partial charge is 0.288 e. The van der Waals surface area contributed by atoms with E-state index in [4.69, 9.17) is 0 Å². The zero-order valence-corrected chi connectivity index (χ0v) is 36.8. The Bertz CT molecular complexity index is 3000. The van der Waals surface area contributed by atoms with Gasteiger partial charge in [-0.3, -0.25) is 4.99 Å². The summed E-state index contributed by atoms with van der Waals surface area (Å²) in [4.78, 5) is 4.64. The molecule has 0 saturated carbocycles. The number of rotatable bonds is 8. The van der Waals surface area contributed by atoms with E-state index < -0.39 is 0 Å². The molecule has 0 saturated heterocycles. The zero-order chi connectivity index (χ0) is 43.0. The molecule has 1 heteroatoms. The van der Waals surface area contributed by atoms with Crippen molar-refractivity contribution in [1.82, 2.24) is 0 Å². The highest BCUT2D eigenvalue weighted by Crippen LogP contribution is 2.35. The molecular formula is C62H55N. The first-order valence-electron chi connectivity index (χ1n) is 22.5. The molecule has 0 heterocycles. The highest BCUT2D eigenvalue weighted by Gasteiger charge is 2.17. The molecule has 0 fully saturated rings. The molecule has 6 aromatic carbocycles. The summed E-state index contributed by atoms with van der Waals surface area (Å²) in [5, 5.41) is 2.48. The molecule has 0 N–H and O–H groups in total. The minimum atomic E-state index is 0.888. The predicted octanol–water partition coefficient (Wildman–Crippen LogP) is 16.0. The van der Waals surface area contributed by atoms with Crippen LogP contribution in [-0.2, 0) is 12.8 Å². The van der Waals surface area contributed by atoms with Crippen molar-refractivity contribution in [2.45, 2.75) is 52.4 Å². The molecule has 10 rings (SSSR count). The molecule has 0 aromatic heterocycles. The third kappa shape index (κ3) is 9.70. The maximum atomic E-state index is 4.64. The smallest absolute Gasteiger partial charge is 0.0649 e. The summed E-state index contributed by atoms with van der Waals surface area (Å²) < 4.78 is 0. The minimum Gasteiger partial charge on any atom is -0.288 e. The quantitative estimate of drug-likeness (QED) is 0.145. The lowest BCUT2D eigenvalue weighted by atomic mass is 9.87.